The summed E-state index contributed by atoms with van der Waals surface area (Å²) in [5, 5.41) is 0. The summed E-state index contributed by atoms with van der Waals surface area (Å²) in [6.07, 6.45) is 6.09. The molecule has 0 saturated heterocycles. The van der Waals surface area contributed by atoms with Crippen molar-refractivity contribution in [3.8, 4) is 17.2 Å². The number of rotatable bonds is 10. The van der Waals surface area contributed by atoms with E-state index in [0.717, 1.165) is 18.8 Å². The molecule has 1 aromatic rings. The van der Waals surface area contributed by atoms with Crippen molar-refractivity contribution in [2.75, 3.05) is 14.2 Å². The Morgan fingerprint density at radius 1 is 1.00 bits per heavy atom. The molecule has 0 saturated carbocycles. The molecule has 22 heavy (non-hydrogen) atoms. The van der Waals surface area contributed by atoms with Crippen LogP contribution in [0, 0.1) is 5.92 Å². The molecule has 124 valence electrons. The van der Waals surface area contributed by atoms with E-state index in [0.29, 0.717) is 23.7 Å². The Hall–Kier alpha value is -1.71. The van der Waals surface area contributed by atoms with Gasteiger partial charge in [0.15, 0.2) is 11.5 Å². The van der Waals surface area contributed by atoms with Crippen LogP contribution in [0.5, 0.6) is 17.2 Å². The molecule has 0 N–H and O–H groups in total. The smallest absolute Gasteiger partial charge is 0.311 e. The fourth-order valence-electron chi connectivity index (χ4n) is 2.24. The summed E-state index contributed by atoms with van der Waals surface area (Å²) in [6, 6.07) is 5.11. The average Bonchev–Trinajstić information content (AvgIpc) is 2.50. The van der Waals surface area contributed by atoms with Crippen LogP contribution in [0.25, 0.3) is 0 Å². The van der Waals surface area contributed by atoms with Crippen molar-refractivity contribution in [2.24, 2.45) is 5.92 Å². The first kappa shape index (κ1) is 18.3. The SMILES string of the molecule is COc1ccc(OC(=O)CCCCCCC(C)C)cc1OC. The Morgan fingerprint density at radius 3 is 2.32 bits per heavy atom. The second kappa shape index (κ2) is 10.1. The molecule has 0 heterocycles. The van der Waals surface area contributed by atoms with E-state index >= 15 is 0 Å². The van der Waals surface area contributed by atoms with Crippen molar-refractivity contribution in [3.05, 3.63) is 18.2 Å². The van der Waals surface area contributed by atoms with Crippen LogP contribution in [0.3, 0.4) is 0 Å². The van der Waals surface area contributed by atoms with Crippen LogP contribution < -0.4 is 14.2 Å². The van der Waals surface area contributed by atoms with Crippen molar-refractivity contribution in [1.29, 1.82) is 0 Å². The van der Waals surface area contributed by atoms with Gasteiger partial charge >= 0.3 is 5.97 Å². The maximum atomic E-state index is 11.8. The van der Waals surface area contributed by atoms with Gasteiger partial charge in [0.2, 0.25) is 0 Å². The van der Waals surface area contributed by atoms with E-state index in [1.807, 2.05) is 0 Å². The van der Waals surface area contributed by atoms with Gasteiger partial charge in [0.05, 0.1) is 14.2 Å². The summed E-state index contributed by atoms with van der Waals surface area (Å²) in [7, 11) is 3.13. The molecular formula is C18H28O4. The molecule has 0 radical (unpaired) electrons. The van der Waals surface area contributed by atoms with E-state index in [4.69, 9.17) is 14.2 Å². The zero-order valence-electron chi connectivity index (χ0n) is 14.2. The van der Waals surface area contributed by atoms with Gasteiger partial charge in [-0.1, -0.05) is 39.5 Å². The number of hydrogen-bond acceptors (Lipinski definition) is 4. The highest BCUT2D eigenvalue weighted by Gasteiger charge is 2.09. The highest BCUT2D eigenvalue weighted by molar-refractivity contribution is 5.72. The highest BCUT2D eigenvalue weighted by Crippen LogP contribution is 2.31. The second-order valence-corrected chi connectivity index (χ2v) is 5.84. The molecule has 0 amide bonds. The number of benzene rings is 1. The van der Waals surface area contributed by atoms with Gasteiger partial charge in [-0.15, -0.1) is 0 Å². The number of carbonyl (C=O) groups is 1. The first-order chi connectivity index (χ1) is 10.6. The van der Waals surface area contributed by atoms with Crippen molar-refractivity contribution in [2.45, 2.75) is 52.4 Å². The lowest BCUT2D eigenvalue weighted by molar-refractivity contribution is -0.134. The first-order valence-corrected chi connectivity index (χ1v) is 7.99. The van der Waals surface area contributed by atoms with Crippen molar-refractivity contribution >= 4 is 5.97 Å². The molecule has 0 aromatic heterocycles. The van der Waals surface area contributed by atoms with Gasteiger partial charge in [-0.05, 0) is 24.5 Å². The summed E-state index contributed by atoms with van der Waals surface area (Å²) in [4.78, 5) is 11.8. The molecule has 4 nitrogen and oxygen atoms in total. The van der Waals surface area contributed by atoms with Crippen LogP contribution in [0.1, 0.15) is 52.4 Å². The van der Waals surface area contributed by atoms with Crippen LogP contribution in [0.4, 0.5) is 0 Å². The third-order valence-corrected chi connectivity index (χ3v) is 3.50. The monoisotopic (exact) mass is 308 g/mol. The minimum absolute atomic E-state index is 0.198. The molecule has 4 heteroatoms. The zero-order valence-corrected chi connectivity index (χ0v) is 14.2. The van der Waals surface area contributed by atoms with Gasteiger partial charge in [0, 0.05) is 12.5 Å². The molecule has 0 spiro atoms. The topological polar surface area (TPSA) is 44.8 Å². The molecule has 1 aromatic carbocycles. The normalized spacial score (nSPS) is 10.6. The van der Waals surface area contributed by atoms with Gasteiger partial charge in [0.1, 0.15) is 5.75 Å². The van der Waals surface area contributed by atoms with Crippen molar-refractivity contribution < 1.29 is 19.0 Å². The molecule has 1 rings (SSSR count). The number of hydrogen-bond donors (Lipinski definition) is 0. The average molecular weight is 308 g/mol. The molecule has 0 aliphatic carbocycles. The van der Waals surface area contributed by atoms with Crippen LogP contribution in [0.2, 0.25) is 0 Å². The van der Waals surface area contributed by atoms with Gasteiger partial charge < -0.3 is 14.2 Å². The lowest BCUT2D eigenvalue weighted by atomic mass is 10.0. The third-order valence-electron chi connectivity index (χ3n) is 3.50. The van der Waals surface area contributed by atoms with Gasteiger partial charge in [0.25, 0.3) is 0 Å². The fourth-order valence-corrected chi connectivity index (χ4v) is 2.24. The van der Waals surface area contributed by atoms with E-state index in [9.17, 15) is 4.79 Å². The maximum Gasteiger partial charge on any atom is 0.311 e. The Bertz CT molecular complexity index is 454. The fraction of sp³-hybridized carbons (Fsp3) is 0.611. The number of unbranched alkanes of at least 4 members (excludes halogenated alkanes) is 3. The van der Waals surface area contributed by atoms with Crippen LogP contribution in [0.15, 0.2) is 18.2 Å². The molecule has 0 bridgehead atoms. The van der Waals surface area contributed by atoms with Gasteiger partial charge in [-0.2, -0.15) is 0 Å². The Morgan fingerprint density at radius 2 is 1.68 bits per heavy atom. The number of methoxy groups -OCH3 is 2. The van der Waals surface area contributed by atoms with Crippen LogP contribution in [-0.2, 0) is 4.79 Å². The molecule has 0 unspecified atom stereocenters. The summed E-state index contributed by atoms with van der Waals surface area (Å²) in [6.45, 7) is 4.47. The number of esters is 1. The van der Waals surface area contributed by atoms with E-state index < -0.39 is 0 Å². The van der Waals surface area contributed by atoms with Crippen molar-refractivity contribution in [3.63, 3.8) is 0 Å². The largest absolute Gasteiger partial charge is 0.493 e. The quantitative estimate of drug-likeness (QED) is 0.360. The predicted molar refractivity (Wildman–Crippen MR) is 87.7 cm³/mol. The van der Waals surface area contributed by atoms with Crippen LogP contribution >= 0.6 is 0 Å². The molecular weight excluding hydrogens is 280 g/mol. The lowest BCUT2D eigenvalue weighted by Crippen LogP contribution is -2.07. The predicted octanol–water partition coefficient (Wildman–Crippen LogP) is 4.61. The van der Waals surface area contributed by atoms with Gasteiger partial charge in [-0.25, -0.2) is 0 Å². The Labute approximate surface area is 133 Å². The standard InChI is InChI=1S/C18H28O4/c1-14(2)9-7-5-6-8-10-18(19)22-15-11-12-16(20-3)17(13-15)21-4/h11-14H,5-10H2,1-4H3. The zero-order chi connectivity index (χ0) is 16.4. The molecule has 0 atom stereocenters. The minimum atomic E-state index is -0.198. The first-order valence-electron chi connectivity index (χ1n) is 7.99. The van der Waals surface area contributed by atoms with E-state index in [2.05, 4.69) is 13.8 Å². The summed E-state index contributed by atoms with van der Waals surface area (Å²) >= 11 is 0. The van der Waals surface area contributed by atoms with Crippen LogP contribution in [-0.4, -0.2) is 20.2 Å². The highest BCUT2D eigenvalue weighted by atomic mass is 16.5. The van der Waals surface area contributed by atoms with E-state index in [-0.39, 0.29) is 5.97 Å². The van der Waals surface area contributed by atoms with Crippen molar-refractivity contribution in [1.82, 2.24) is 0 Å². The minimum Gasteiger partial charge on any atom is -0.493 e. The van der Waals surface area contributed by atoms with Gasteiger partial charge in [-0.3, -0.25) is 4.79 Å². The number of carbonyl (C=O) groups excluding carboxylic acids is 1. The molecule has 0 fully saturated rings. The lowest BCUT2D eigenvalue weighted by Gasteiger charge is -2.10. The molecule has 0 aliphatic rings. The summed E-state index contributed by atoms with van der Waals surface area (Å²) in [5.74, 6) is 2.22. The molecule has 0 aliphatic heterocycles. The third kappa shape index (κ3) is 6.83. The summed E-state index contributed by atoms with van der Waals surface area (Å²) in [5.41, 5.74) is 0. The maximum absolute atomic E-state index is 11.8. The van der Waals surface area contributed by atoms with E-state index in [1.165, 1.54) is 19.3 Å². The number of ether oxygens (including phenoxy) is 3. The van der Waals surface area contributed by atoms with E-state index in [1.54, 1.807) is 32.4 Å². The summed E-state index contributed by atoms with van der Waals surface area (Å²) < 4.78 is 15.7. The second-order valence-electron chi connectivity index (χ2n) is 5.84. The Balaban J connectivity index is 2.30. The Kier molecular flexibility index (Phi) is 8.41.